The van der Waals surface area contributed by atoms with Crippen LogP contribution in [0.4, 0.5) is 5.69 Å². The van der Waals surface area contributed by atoms with Crippen LogP contribution < -0.4 is 5.32 Å². The molecule has 1 aromatic heterocycles. The fourth-order valence-corrected chi connectivity index (χ4v) is 2.47. The van der Waals surface area contributed by atoms with E-state index in [0.29, 0.717) is 6.04 Å². The van der Waals surface area contributed by atoms with E-state index in [-0.39, 0.29) is 11.8 Å². The molecule has 0 spiro atoms. The average Bonchev–Trinajstić information content (AvgIpc) is 2.64. The third kappa shape index (κ3) is 3.34. The Morgan fingerprint density at radius 2 is 2.00 bits per heavy atom. The molecule has 0 aromatic carbocycles. The number of nitrogens with one attached hydrogen (secondary N) is 1. The van der Waals surface area contributed by atoms with Crippen molar-refractivity contribution in [1.29, 1.82) is 0 Å². The molecule has 1 heterocycles. The van der Waals surface area contributed by atoms with Crippen molar-refractivity contribution in [2.75, 3.05) is 5.32 Å². The summed E-state index contributed by atoms with van der Waals surface area (Å²) in [5, 5.41) is 7.23. The number of carbonyl (C=O) groups is 1. The van der Waals surface area contributed by atoms with Crippen molar-refractivity contribution >= 4 is 11.6 Å². The van der Waals surface area contributed by atoms with E-state index < -0.39 is 0 Å². The summed E-state index contributed by atoms with van der Waals surface area (Å²) in [6.45, 7) is 4.15. The zero-order valence-electron chi connectivity index (χ0n) is 11.4. The van der Waals surface area contributed by atoms with Crippen LogP contribution in [0.15, 0.2) is 12.4 Å². The summed E-state index contributed by atoms with van der Waals surface area (Å²) in [6, 6.07) is 0.327. The molecule has 0 radical (unpaired) electrons. The van der Waals surface area contributed by atoms with Crippen LogP contribution in [-0.2, 0) is 4.79 Å². The SMILES string of the molecule is CC(C)n1cc(NC(=O)C2CCCCCC2)cn1. The van der Waals surface area contributed by atoms with Gasteiger partial charge >= 0.3 is 0 Å². The molecule has 0 saturated heterocycles. The van der Waals surface area contributed by atoms with E-state index in [1.807, 2.05) is 10.9 Å². The van der Waals surface area contributed by atoms with E-state index in [0.717, 1.165) is 18.5 Å². The molecule has 100 valence electrons. The highest BCUT2D eigenvalue weighted by atomic mass is 16.1. The summed E-state index contributed by atoms with van der Waals surface area (Å²) < 4.78 is 1.86. The summed E-state index contributed by atoms with van der Waals surface area (Å²) in [7, 11) is 0. The van der Waals surface area contributed by atoms with Gasteiger partial charge in [0.1, 0.15) is 0 Å². The van der Waals surface area contributed by atoms with Crippen LogP contribution in [0.5, 0.6) is 0 Å². The third-order valence-electron chi connectivity index (χ3n) is 3.62. The van der Waals surface area contributed by atoms with Gasteiger partial charge in [-0.15, -0.1) is 0 Å². The van der Waals surface area contributed by atoms with Crippen molar-refractivity contribution < 1.29 is 4.79 Å². The number of rotatable bonds is 3. The van der Waals surface area contributed by atoms with Gasteiger partial charge in [0.05, 0.1) is 11.9 Å². The minimum atomic E-state index is 0.167. The lowest BCUT2D eigenvalue weighted by Gasteiger charge is -2.12. The van der Waals surface area contributed by atoms with E-state index in [1.54, 1.807) is 6.20 Å². The second-order valence-corrected chi connectivity index (χ2v) is 5.48. The first-order valence-corrected chi connectivity index (χ1v) is 7.02. The quantitative estimate of drug-likeness (QED) is 0.835. The summed E-state index contributed by atoms with van der Waals surface area (Å²) >= 11 is 0. The molecule has 1 aliphatic rings. The van der Waals surface area contributed by atoms with Crippen LogP contribution in [-0.4, -0.2) is 15.7 Å². The minimum Gasteiger partial charge on any atom is -0.323 e. The summed E-state index contributed by atoms with van der Waals surface area (Å²) in [6.07, 6.45) is 10.6. The zero-order valence-corrected chi connectivity index (χ0v) is 11.4. The van der Waals surface area contributed by atoms with Gasteiger partial charge in [0.15, 0.2) is 0 Å². The van der Waals surface area contributed by atoms with Crippen molar-refractivity contribution in [3.63, 3.8) is 0 Å². The Bertz CT molecular complexity index is 389. The van der Waals surface area contributed by atoms with Gasteiger partial charge < -0.3 is 5.32 Å². The van der Waals surface area contributed by atoms with Crippen LogP contribution in [0.3, 0.4) is 0 Å². The molecule has 1 N–H and O–H groups in total. The maximum atomic E-state index is 12.2. The Morgan fingerprint density at radius 3 is 2.56 bits per heavy atom. The van der Waals surface area contributed by atoms with Gasteiger partial charge in [-0.2, -0.15) is 5.10 Å². The second kappa shape index (κ2) is 6.03. The predicted octanol–water partition coefficient (Wildman–Crippen LogP) is 3.37. The number of hydrogen-bond donors (Lipinski definition) is 1. The van der Waals surface area contributed by atoms with Gasteiger partial charge in [0.25, 0.3) is 0 Å². The lowest BCUT2D eigenvalue weighted by molar-refractivity contribution is -0.120. The van der Waals surface area contributed by atoms with Crippen LogP contribution >= 0.6 is 0 Å². The van der Waals surface area contributed by atoms with Gasteiger partial charge in [-0.05, 0) is 26.7 Å². The maximum Gasteiger partial charge on any atom is 0.227 e. The summed E-state index contributed by atoms with van der Waals surface area (Å²) in [5.41, 5.74) is 0.818. The van der Waals surface area contributed by atoms with Gasteiger partial charge in [-0.1, -0.05) is 25.7 Å². The van der Waals surface area contributed by atoms with E-state index in [4.69, 9.17) is 0 Å². The number of carbonyl (C=O) groups excluding carboxylic acids is 1. The molecule has 2 rings (SSSR count). The van der Waals surface area contributed by atoms with Crippen molar-refractivity contribution in [3.05, 3.63) is 12.4 Å². The van der Waals surface area contributed by atoms with Crippen molar-refractivity contribution in [2.45, 2.75) is 58.4 Å². The predicted molar refractivity (Wildman–Crippen MR) is 72.4 cm³/mol. The number of nitrogens with zero attached hydrogens (tertiary/aromatic N) is 2. The normalized spacial score (nSPS) is 17.7. The lowest BCUT2D eigenvalue weighted by Crippen LogP contribution is -2.22. The van der Waals surface area contributed by atoms with Gasteiger partial charge in [-0.3, -0.25) is 9.48 Å². The second-order valence-electron chi connectivity index (χ2n) is 5.48. The zero-order chi connectivity index (χ0) is 13.0. The first-order valence-electron chi connectivity index (χ1n) is 7.02. The van der Waals surface area contributed by atoms with Gasteiger partial charge in [0.2, 0.25) is 5.91 Å². The Hall–Kier alpha value is -1.32. The van der Waals surface area contributed by atoms with E-state index in [9.17, 15) is 4.79 Å². The Labute approximate surface area is 109 Å². The molecular formula is C14H23N3O. The number of hydrogen-bond acceptors (Lipinski definition) is 2. The third-order valence-corrected chi connectivity index (χ3v) is 3.62. The molecule has 1 saturated carbocycles. The van der Waals surface area contributed by atoms with Crippen LogP contribution in [0.1, 0.15) is 58.4 Å². The van der Waals surface area contributed by atoms with Crippen molar-refractivity contribution in [1.82, 2.24) is 9.78 Å². The van der Waals surface area contributed by atoms with Crippen LogP contribution in [0.25, 0.3) is 0 Å². The summed E-state index contributed by atoms with van der Waals surface area (Å²) in [5.74, 6) is 0.357. The Balaban J connectivity index is 1.92. The first kappa shape index (κ1) is 13.1. The topological polar surface area (TPSA) is 46.9 Å². The molecule has 0 aliphatic heterocycles. The monoisotopic (exact) mass is 249 g/mol. The van der Waals surface area contributed by atoms with Crippen molar-refractivity contribution in [2.24, 2.45) is 5.92 Å². The molecule has 4 nitrogen and oxygen atoms in total. The fourth-order valence-electron chi connectivity index (χ4n) is 2.47. The first-order chi connectivity index (χ1) is 8.66. The molecule has 1 aromatic rings. The Kier molecular flexibility index (Phi) is 4.39. The molecule has 18 heavy (non-hydrogen) atoms. The van der Waals surface area contributed by atoms with E-state index >= 15 is 0 Å². The Morgan fingerprint density at radius 1 is 1.33 bits per heavy atom. The smallest absolute Gasteiger partial charge is 0.227 e. The highest BCUT2D eigenvalue weighted by Gasteiger charge is 2.20. The molecule has 4 heteroatoms. The van der Waals surface area contributed by atoms with Crippen LogP contribution in [0, 0.1) is 5.92 Å². The number of amides is 1. The molecular weight excluding hydrogens is 226 g/mol. The largest absolute Gasteiger partial charge is 0.323 e. The van der Waals surface area contributed by atoms with Crippen molar-refractivity contribution in [3.8, 4) is 0 Å². The van der Waals surface area contributed by atoms with Gasteiger partial charge in [0, 0.05) is 18.2 Å². The highest BCUT2D eigenvalue weighted by Crippen LogP contribution is 2.24. The molecule has 1 fully saturated rings. The maximum absolute atomic E-state index is 12.2. The standard InChI is InChI=1S/C14H23N3O/c1-11(2)17-10-13(9-15-17)16-14(18)12-7-5-3-4-6-8-12/h9-12H,3-8H2,1-2H3,(H,16,18). The number of aromatic nitrogens is 2. The molecule has 0 bridgehead atoms. The lowest BCUT2D eigenvalue weighted by atomic mass is 9.99. The molecule has 0 atom stereocenters. The minimum absolute atomic E-state index is 0.167. The fraction of sp³-hybridized carbons (Fsp3) is 0.714. The molecule has 1 aliphatic carbocycles. The molecule has 0 unspecified atom stereocenters. The van der Waals surface area contributed by atoms with E-state index in [2.05, 4.69) is 24.3 Å². The highest BCUT2D eigenvalue weighted by molar-refractivity contribution is 5.92. The van der Waals surface area contributed by atoms with Crippen LogP contribution in [0.2, 0.25) is 0 Å². The van der Waals surface area contributed by atoms with Gasteiger partial charge in [-0.25, -0.2) is 0 Å². The van der Waals surface area contributed by atoms with E-state index in [1.165, 1.54) is 25.7 Å². The average molecular weight is 249 g/mol. The molecule has 1 amide bonds. The number of anilines is 1. The summed E-state index contributed by atoms with van der Waals surface area (Å²) in [4.78, 5) is 12.2.